The molecule has 11 N–H and O–H groups in total. The zero-order valence-corrected chi connectivity index (χ0v) is 18.9. The summed E-state index contributed by atoms with van der Waals surface area (Å²) in [6.07, 6.45) is -0.515. The highest BCUT2D eigenvalue weighted by molar-refractivity contribution is 5.96. The maximum Gasteiger partial charge on any atom is 0.243 e. The third-order valence-electron chi connectivity index (χ3n) is 4.28. The van der Waals surface area contributed by atoms with Crippen LogP contribution in [0.2, 0.25) is 0 Å². The lowest BCUT2D eigenvalue weighted by atomic mass is 10.1. The number of amides is 7. The fourth-order valence-electron chi connectivity index (χ4n) is 2.26. The first kappa shape index (κ1) is 29.2. The van der Waals surface area contributed by atoms with Crippen molar-refractivity contribution in [3.8, 4) is 0 Å². The highest BCUT2D eigenvalue weighted by Gasteiger charge is 2.28. The minimum absolute atomic E-state index is 0.427. The van der Waals surface area contributed by atoms with E-state index in [0.717, 1.165) is 0 Å². The molecule has 0 radical (unpaired) electrons. The molecule has 0 unspecified atom stereocenters. The average molecular weight is 473 g/mol. The Morgan fingerprint density at radius 1 is 0.606 bits per heavy atom. The summed E-state index contributed by atoms with van der Waals surface area (Å²) in [5, 5.41) is 11.5. The van der Waals surface area contributed by atoms with Crippen LogP contribution in [0.5, 0.6) is 0 Å². The molecule has 0 aliphatic carbocycles. The lowest BCUT2D eigenvalue weighted by Gasteiger charge is -2.22. The Morgan fingerprint density at radius 2 is 0.970 bits per heavy atom. The maximum atomic E-state index is 12.3. The van der Waals surface area contributed by atoms with Crippen LogP contribution in [-0.2, 0) is 33.6 Å². The van der Waals surface area contributed by atoms with Crippen molar-refractivity contribution in [2.75, 3.05) is 6.54 Å². The van der Waals surface area contributed by atoms with Crippen LogP contribution in [0.3, 0.4) is 0 Å². The number of hydrogen-bond acceptors (Lipinski definition) is 8. The fourth-order valence-corrected chi connectivity index (χ4v) is 2.26. The molecule has 0 rings (SSSR count). The number of nitrogens with one attached hydrogen (secondary N) is 5. The molecule has 0 aliphatic rings. The van der Waals surface area contributed by atoms with Gasteiger partial charge in [-0.2, -0.15) is 0 Å². The summed E-state index contributed by atoms with van der Waals surface area (Å²) in [5.74, 6) is -5.30. The van der Waals surface area contributed by atoms with Gasteiger partial charge in [0, 0.05) is 0 Å². The Hall–Kier alpha value is -3.75. The molecule has 0 heterocycles. The fraction of sp³-hybridized carbons (Fsp3) is 0.611. The summed E-state index contributed by atoms with van der Waals surface area (Å²) in [6, 6.07) is -5.56. The zero-order valence-electron chi connectivity index (χ0n) is 18.9. The van der Waals surface area contributed by atoms with Gasteiger partial charge in [0.2, 0.25) is 41.4 Å². The first-order valence-electron chi connectivity index (χ1n) is 9.98. The predicted octanol–water partition coefficient (Wildman–Crippen LogP) is -5.19. The van der Waals surface area contributed by atoms with E-state index < -0.39 is 84.5 Å². The lowest BCUT2D eigenvalue weighted by molar-refractivity contribution is -0.134. The molecule has 0 aromatic heterocycles. The Bertz CT molecular complexity index is 788. The first-order chi connectivity index (χ1) is 15.2. The molecule has 0 fully saturated rings. The van der Waals surface area contributed by atoms with Gasteiger partial charge in [-0.1, -0.05) is 0 Å². The van der Waals surface area contributed by atoms with E-state index in [0.29, 0.717) is 0 Å². The van der Waals surface area contributed by atoms with E-state index in [1.807, 2.05) is 0 Å². The summed E-state index contributed by atoms with van der Waals surface area (Å²) in [4.78, 5) is 82.4. The second kappa shape index (κ2) is 13.6. The van der Waals surface area contributed by atoms with Gasteiger partial charge in [-0.05, 0) is 27.7 Å². The number of carbonyl (C=O) groups excluding carboxylic acids is 7. The van der Waals surface area contributed by atoms with Gasteiger partial charge in [-0.15, -0.1) is 0 Å². The molecule has 0 aliphatic heterocycles. The van der Waals surface area contributed by atoms with E-state index in [1.165, 1.54) is 27.7 Å². The molecule has 7 amide bonds. The van der Waals surface area contributed by atoms with Crippen molar-refractivity contribution in [1.82, 2.24) is 26.6 Å². The highest BCUT2D eigenvalue weighted by Crippen LogP contribution is 1.96. The summed E-state index contributed by atoms with van der Waals surface area (Å²) in [5.41, 5.74) is 15.3. The molecular weight excluding hydrogens is 440 g/mol. The lowest BCUT2D eigenvalue weighted by Crippen LogP contribution is -2.57. The van der Waals surface area contributed by atoms with Crippen LogP contribution in [0, 0.1) is 0 Å². The molecule has 0 spiro atoms. The van der Waals surface area contributed by atoms with E-state index in [4.69, 9.17) is 17.2 Å². The molecule has 0 bridgehead atoms. The number of rotatable bonds is 13. The average Bonchev–Trinajstić information content (AvgIpc) is 2.71. The van der Waals surface area contributed by atoms with Gasteiger partial charge >= 0.3 is 0 Å². The van der Waals surface area contributed by atoms with Crippen molar-refractivity contribution in [1.29, 1.82) is 0 Å². The Labute approximate surface area is 190 Å². The van der Waals surface area contributed by atoms with E-state index in [-0.39, 0.29) is 0 Å². The second-order valence-electron chi connectivity index (χ2n) is 7.32. The van der Waals surface area contributed by atoms with Gasteiger partial charge in [0.05, 0.1) is 13.0 Å². The van der Waals surface area contributed by atoms with Crippen molar-refractivity contribution in [3.05, 3.63) is 0 Å². The third kappa shape index (κ3) is 10.9. The van der Waals surface area contributed by atoms with Crippen molar-refractivity contribution in [3.63, 3.8) is 0 Å². The third-order valence-corrected chi connectivity index (χ3v) is 4.28. The van der Waals surface area contributed by atoms with E-state index in [2.05, 4.69) is 26.6 Å². The molecule has 0 saturated carbocycles. The predicted molar refractivity (Wildman–Crippen MR) is 114 cm³/mol. The van der Waals surface area contributed by atoms with Crippen molar-refractivity contribution in [2.45, 2.75) is 64.3 Å². The van der Waals surface area contributed by atoms with E-state index in [1.54, 1.807) is 0 Å². The van der Waals surface area contributed by atoms with E-state index >= 15 is 0 Å². The van der Waals surface area contributed by atoms with Crippen LogP contribution in [0.25, 0.3) is 0 Å². The van der Waals surface area contributed by atoms with Crippen LogP contribution in [0.15, 0.2) is 0 Å². The van der Waals surface area contributed by atoms with Gasteiger partial charge in [0.1, 0.15) is 30.2 Å². The topological polar surface area (TPSA) is 258 Å². The standard InChI is InChI=1S/C18H32N8O7/c1-7(14(21)29)22-15(30)8(2)23-16(31)9(3)24-17(32)10(4)25-18(33)11(5-12(20)27)26-13(28)6-19/h7-11H,5-6,19H2,1-4H3,(H2,20,27)(H2,21,29)(H,22,30)(H,23,31)(H,24,32)(H,25,33)(H,26,28)/t7-,8-,9-,10-,11-/m0/s1. The Morgan fingerprint density at radius 3 is 1.30 bits per heavy atom. The maximum absolute atomic E-state index is 12.3. The second-order valence-corrected chi connectivity index (χ2v) is 7.32. The first-order valence-corrected chi connectivity index (χ1v) is 9.98. The van der Waals surface area contributed by atoms with Crippen LogP contribution in [0.4, 0.5) is 0 Å². The van der Waals surface area contributed by atoms with Crippen molar-refractivity contribution in [2.24, 2.45) is 17.2 Å². The molecule has 0 aromatic rings. The smallest absolute Gasteiger partial charge is 0.243 e. The quantitative estimate of drug-likeness (QED) is 0.128. The molecule has 15 heteroatoms. The van der Waals surface area contributed by atoms with Gasteiger partial charge in [0.15, 0.2) is 0 Å². The number of hydrogen-bond donors (Lipinski definition) is 8. The van der Waals surface area contributed by atoms with E-state index in [9.17, 15) is 33.6 Å². The monoisotopic (exact) mass is 472 g/mol. The molecular formula is C18H32N8O7. The molecule has 0 saturated heterocycles. The van der Waals surface area contributed by atoms with Gasteiger partial charge < -0.3 is 43.8 Å². The van der Waals surface area contributed by atoms with Gasteiger partial charge in [-0.25, -0.2) is 0 Å². The zero-order chi connectivity index (χ0) is 25.9. The minimum atomic E-state index is -1.34. The van der Waals surface area contributed by atoms with Gasteiger partial charge in [-0.3, -0.25) is 33.6 Å². The number of carbonyl (C=O) groups is 7. The Kier molecular flexibility index (Phi) is 12.1. The van der Waals surface area contributed by atoms with Crippen LogP contribution < -0.4 is 43.8 Å². The summed E-state index contributed by atoms with van der Waals surface area (Å²) >= 11 is 0. The molecule has 15 nitrogen and oxygen atoms in total. The van der Waals surface area contributed by atoms with Crippen LogP contribution in [-0.4, -0.2) is 78.1 Å². The summed E-state index contributed by atoms with van der Waals surface area (Å²) in [7, 11) is 0. The summed E-state index contributed by atoms with van der Waals surface area (Å²) < 4.78 is 0. The largest absolute Gasteiger partial charge is 0.370 e. The van der Waals surface area contributed by atoms with Crippen molar-refractivity contribution >= 4 is 41.4 Å². The highest BCUT2D eigenvalue weighted by atomic mass is 16.2. The van der Waals surface area contributed by atoms with Crippen LogP contribution in [0.1, 0.15) is 34.1 Å². The molecule has 5 atom stereocenters. The van der Waals surface area contributed by atoms with Gasteiger partial charge in [0.25, 0.3) is 0 Å². The SMILES string of the molecule is C[C@H](NC(=O)[C@H](C)NC(=O)[C@H](C)NC(=O)[C@H](C)NC(=O)[C@H](CC(N)=O)NC(=O)CN)C(N)=O. The molecule has 186 valence electrons. The molecule has 33 heavy (non-hydrogen) atoms. The molecule has 0 aromatic carbocycles. The summed E-state index contributed by atoms with van der Waals surface area (Å²) in [6.45, 7) is 4.97. The Balaban J connectivity index is 4.85. The normalized spacial score (nSPS) is 14.9. The number of primary amides is 2. The minimum Gasteiger partial charge on any atom is -0.370 e. The van der Waals surface area contributed by atoms with Crippen molar-refractivity contribution < 1.29 is 33.6 Å². The van der Waals surface area contributed by atoms with Crippen LogP contribution >= 0.6 is 0 Å². The number of nitrogens with two attached hydrogens (primary N) is 3.